The van der Waals surface area contributed by atoms with Gasteiger partial charge in [-0.3, -0.25) is 4.79 Å². The molecular formula is C24H25FN6O2. The molecule has 2 aromatic carbocycles. The molecule has 1 fully saturated rings. The first-order valence-electron chi connectivity index (χ1n) is 11.1. The minimum absolute atomic E-state index is 0.300. The highest BCUT2D eigenvalue weighted by atomic mass is 19.1. The number of hydrogen-bond donors (Lipinski definition) is 2. The molecule has 0 aliphatic carbocycles. The van der Waals surface area contributed by atoms with Crippen LogP contribution in [-0.2, 0) is 0 Å². The normalized spacial score (nSPS) is 14.6. The van der Waals surface area contributed by atoms with E-state index < -0.39 is 0 Å². The second-order valence-electron chi connectivity index (χ2n) is 8.08. The van der Waals surface area contributed by atoms with Crippen LogP contribution >= 0.6 is 0 Å². The number of pyridine rings is 1. The first kappa shape index (κ1) is 21.3. The molecule has 0 amide bonds. The zero-order valence-electron chi connectivity index (χ0n) is 18.1. The van der Waals surface area contributed by atoms with E-state index in [2.05, 4.69) is 25.5 Å². The van der Waals surface area contributed by atoms with Gasteiger partial charge in [0.1, 0.15) is 17.3 Å². The predicted octanol–water partition coefficient (Wildman–Crippen LogP) is 2.59. The number of benzene rings is 2. The van der Waals surface area contributed by atoms with Crippen LogP contribution in [0.3, 0.4) is 0 Å². The van der Waals surface area contributed by atoms with Crippen LogP contribution in [0.4, 0.5) is 4.39 Å². The van der Waals surface area contributed by atoms with Crippen molar-refractivity contribution in [2.45, 2.75) is 6.42 Å². The van der Waals surface area contributed by atoms with E-state index in [-0.39, 0.29) is 11.4 Å². The Kier molecular flexibility index (Phi) is 6.14. The van der Waals surface area contributed by atoms with E-state index in [1.165, 1.54) is 12.1 Å². The number of piperazine rings is 1. The average molecular weight is 449 g/mol. The minimum Gasteiger partial charge on any atom is -0.494 e. The number of rotatable bonds is 7. The Labute approximate surface area is 190 Å². The van der Waals surface area contributed by atoms with E-state index in [9.17, 15) is 9.18 Å². The number of H-pyrrole nitrogens is 1. The third-order valence-corrected chi connectivity index (χ3v) is 5.77. The van der Waals surface area contributed by atoms with E-state index in [0.29, 0.717) is 28.8 Å². The monoisotopic (exact) mass is 448 g/mol. The summed E-state index contributed by atoms with van der Waals surface area (Å²) in [6.45, 7) is 6.01. The summed E-state index contributed by atoms with van der Waals surface area (Å²) >= 11 is 0. The number of nitrogens with one attached hydrogen (secondary N) is 2. The lowest BCUT2D eigenvalue weighted by molar-refractivity contribution is 0.214. The third kappa shape index (κ3) is 4.94. The van der Waals surface area contributed by atoms with Gasteiger partial charge in [0.05, 0.1) is 24.1 Å². The SMILES string of the molecule is O=c1[nH]c2ccc(F)cc2cc1-c1cn(-c2ccc(OCCCN3CCNCC3)cc2)nn1. The number of aromatic nitrogens is 4. The van der Waals surface area contributed by atoms with Gasteiger partial charge in [-0.25, -0.2) is 9.07 Å². The molecule has 0 bridgehead atoms. The molecule has 3 heterocycles. The van der Waals surface area contributed by atoms with E-state index in [4.69, 9.17) is 4.74 Å². The van der Waals surface area contributed by atoms with Crippen LogP contribution in [-0.4, -0.2) is 64.2 Å². The molecule has 5 rings (SSSR count). The fraction of sp³-hybridized carbons (Fsp3) is 0.292. The molecule has 1 saturated heterocycles. The van der Waals surface area contributed by atoms with Crippen molar-refractivity contribution >= 4 is 10.9 Å². The van der Waals surface area contributed by atoms with Crippen LogP contribution in [0.2, 0.25) is 0 Å². The van der Waals surface area contributed by atoms with Crippen LogP contribution in [0.5, 0.6) is 5.75 Å². The smallest absolute Gasteiger partial charge is 0.258 e. The molecule has 9 heteroatoms. The van der Waals surface area contributed by atoms with Crippen molar-refractivity contribution in [3.05, 3.63) is 70.9 Å². The molecule has 1 aliphatic rings. The minimum atomic E-state index is -0.366. The molecule has 0 atom stereocenters. The number of halogens is 1. The number of nitrogens with zero attached hydrogens (tertiary/aromatic N) is 4. The number of hydrogen-bond acceptors (Lipinski definition) is 6. The maximum Gasteiger partial charge on any atom is 0.258 e. The Balaban J connectivity index is 1.24. The maximum atomic E-state index is 13.6. The summed E-state index contributed by atoms with van der Waals surface area (Å²) in [4.78, 5) is 17.7. The molecule has 8 nitrogen and oxygen atoms in total. The molecule has 0 radical (unpaired) electrons. The van der Waals surface area contributed by atoms with Gasteiger partial charge in [-0.1, -0.05) is 5.21 Å². The lowest BCUT2D eigenvalue weighted by atomic mass is 10.1. The highest BCUT2D eigenvalue weighted by molar-refractivity contribution is 5.82. The topological polar surface area (TPSA) is 88.1 Å². The first-order chi connectivity index (χ1) is 16.2. The van der Waals surface area contributed by atoms with E-state index in [1.54, 1.807) is 23.0 Å². The molecule has 4 aromatic rings. The summed E-state index contributed by atoms with van der Waals surface area (Å²) in [5, 5.41) is 12.2. The number of ether oxygens (including phenoxy) is 1. The summed E-state index contributed by atoms with van der Waals surface area (Å²) in [7, 11) is 0. The van der Waals surface area contributed by atoms with Crippen molar-refractivity contribution < 1.29 is 9.13 Å². The Bertz CT molecular complexity index is 1290. The van der Waals surface area contributed by atoms with Gasteiger partial charge in [0, 0.05) is 43.6 Å². The van der Waals surface area contributed by atoms with Crippen LogP contribution in [0.15, 0.2) is 59.5 Å². The fourth-order valence-corrected chi connectivity index (χ4v) is 3.99. The maximum absolute atomic E-state index is 13.6. The quantitative estimate of drug-likeness (QED) is 0.423. The van der Waals surface area contributed by atoms with Gasteiger partial charge in [0.25, 0.3) is 5.56 Å². The number of fused-ring (bicyclic) bond motifs is 1. The molecule has 2 aromatic heterocycles. The molecule has 0 saturated carbocycles. The van der Waals surface area contributed by atoms with Crippen molar-refractivity contribution in [2.75, 3.05) is 39.3 Å². The third-order valence-electron chi connectivity index (χ3n) is 5.77. The van der Waals surface area contributed by atoms with Crippen molar-refractivity contribution in [2.24, 2.45) is 0 Å². The van der Waals surface area contributed by atoms with E-state index in [0.717, 1.165) is 50.6 Å². The van der Waals surface area contributed by atoms with Crippen molar-refractivity contribution in [1.82, 2.24) is 30.2 Å². The van der Waals surface area contributed by atoms with Gasteiger partial charge in [-0.2, -0.15) is 0 Å². The lowest BCUT2D eigenvalue weighted by Gasteiger charge is -2.26. The summed E-state index contributed by atoms with van der Waals surface area (Å²) < 4.78 is 21.0. The van der Waals surface area contributed by atoms with Gasteiger partial charge in [-0.05, 0) is 55.0 Å². The van der Waals surface area contributed by atoms with E-state index in [1.807, 2.05) is 24.3 Å². The first-order valence-corrected chi connectivity index (χ1v) is 11.1. The highest BCUT2D eigenvalue weighted by Crippen LogP contribution is 2.20. The zero-order chi connectivity index (χ0) is 22.6. The second-order valence-corrected chi connectivity index (χ2v) is 8.08. The average Bonchev–Trinajstić information content (AvgIpc) is 3.33. The standard InChI is InChI=1S/C24H25FN6O2/c25-18-2-7-22-17(14-18)15-21(24(32)27-22)23-16-31(29-28-23)19-3-5-20(6-4-19)33-13-1-10-30-11-8-26-9-12-30/h2-7,14-16,26H,1,8-13H2,(H,27,32). The molecule has 33 heavy (non-hydrogen) atoms. The van der Waals surface area contributed by atoms with Crippen LogP contribution in [0.1, 0.15) is 6.42 Å². The van der Waals surface area contributed by atoms with Gasteiger partial charge >= 0.3 is 0 Å². The second kappa shape index (κ2) is 9.51. The molecule has 0 unspecified atom stereocenters. The van der Waals surface area contributed by atoms with Crippen molar-refractivity contribution in [3.8, 4) is 22.7 Å². The zero-order valence-corrected chi connectivity index (χ0v) is 18.1. The predicted molar refractivity (Wildman–Crippen MR) is 124 cm³/mol. The molecule has 2 N–H and O–H groups in total. The fourth-order valence-electron chi connectivity index (χ4n) is 3.99. The van der Waals surface area contributed by atoms with Crippen LogP contribution in [0, 0.1) is 5.82 Å². The van der Waals surface area contributed by atoms with Crippen LogP contribution in [0.25, 0.3) is 27.8 Å². The summed E-state index contributed by atoms with van der Waals surface area (Å²) in [6, 6.07) is 13.4. The molecule has 0 spiro atoms. The molecule has 1 aliphatic heterocycles. The largest absolute Gasteiger partial charge is 0.494 e. The lowest BCUT2D eigenvalue weighted by Crippen LogP contribution is -2.43. The molecule has 170 valence electrons. The van der Waals surface area contributed by atoms with Crippen molar-refractivity contribution in [1.29, 1.82) is 0 Å². The Morgan fingerprint density at radius 1 is 1.06 bits per heavy atom. The Morgan fingerprint density at radius 2 is 1.88 bits per heavy atom. The van der Waals surface area contributed by atoms with Crippen LogP contribution < -0.4 is 15.6 Å². The highest BCUT2D eigenvalue weighted by Gasteiger charge is 2.12. The van der Waals surface area contributed by atoms with Gasteiger partial charge in [0.2, 0.25) is 0 Å². The summed E-state index contributed by atoms with van der Waals surface area (Å²) in [5.74, 6) is 0.433. The summed E-state index contributed by atoms with van der Waals surface area (Å²) in [5.41, 5.74) is 1.82. The van der Waals surface area contributed by atoms with Gasteiger partial charge in [0.15, 0.2) is 0 Å². The van der Waals surface area contributed by atoms with Gasteiger partial charge < -0.3 is 19.9 Å². The Hall–Kier alpha value is -3.56. The number of aromatic amines is 1. The molecular weight excluding hydrogens is 423 g/mol. The Morgan fingerprint density at radius 3 is 2.70 bits per heavy atom. The van der Waals surface area contributed by atoms with Gasteiger partial charge in [-0.15, -0.1) is 5.10 Å². The van der Waals surface area contributed by atoms with Crippen molar-refractivity contribution in [3.63, 3.8) is 0 Å². The van der Waals surface area contributed by atoms with E-state index >= 15 is 0 Å². The summed E-state index contributed by atoms with van der Waals surface area (Å²) in [6.07, 6.45) is 2.66.